The lowest BCUT2D eigenvalue weighted by Gasteiger charge is -2.31. The fraction of sp³-hybridized carbons (Fsp3) is 0.478. The van der Waals surface area contributed by atoms with E-state index < -0.39 is 0 Å². The van der Waals surface area contributed by atoms with Crippen LogP contribution >= 0.6 is 0 Å². The van der Waals surface area contributed by atoms with Crippen molar-refractivity contribution in [3.05, 3.63) is 47.9 Å². The molecular weight excluding hydrogens is 369 g/mol. The summed E-state index contributed by atoms with van der Waals surface area (Å²) in [6.45, 7) is 1.38. The van der Waals surface area contributed by atoms with Crippen LogP contribution < -0.4 is 0 Å². The average molecular weight is 395 g/mol. The highest BCUT2D eigenvalue weighted by Crippen LogP contribution is 2.49. The monoisotopic (exact) mass is 395 g/mol. The number of rotatable bonds is 4. The van der Waals surface area contributed by atoms with Crippen LogP contribution in [0, 0.1) is 23.6 Å². The fourth-order valence-corrected chi connectivity index (χ4v) is 5.15. The second kappa shape index (κ2) is 6.71. The van der Waals surface area contributed by atoms with E-state index in [-0.39, 0.29) is 29.6 Å². The van der Waals surface area contributed by atoms with Crippen LogP contribution in [0.15, 0.2) is 36.4 Å². The number of hydrogen-bond acceptors (Lipinski definition) is 2. The van der Waals surface area contributed by atoms with E-state index in [1.807, 2.05) is 16.8 Å². The molecule has 0 N–H and O–H groups in total. The molecule has 3 atom stereocenters. The van der Waals surface area contributed by atoms with Gasteiger partial charge in [0.1, 0.15) is 11.5 Å². The number of likely N-dealkylation sites (tertiary alicyclic amines) is 1. The highest BCUT2D eigenvalue weighted by Gasteiger charge is 2.60. The Hall–Kier alpha value is -2.63. The minimum absolute atomic E-state index is 0.0194. The van der Waals surface area contributed by atoms with Gasteiger partial charge in [-0.2, -0.15) is 0 Å². The Labute approximate surface area is 170 Å². The van der Waals surface area contributed by atoms with Crippen molar-refractivity contribution in [1.82, 2.24) is 14.4 Å². The largest absolute Gasteiger partial charge is 0.342 e. The van der Waals surface area contributed by atoms with Crippen molar-refractivity contribution >= 4 is 11.8 Å². The predicted octanol–water partition coefficient (Wildman–Crippen LogP) is 3.16. The van der Waals surface area contributed by atoms with Crippen LogP contribution in [-0.4, -0.2) is 52.4 Å². The van der Waals surface area contributed by atoms with Crippen LogP contribution in [0.5, 0.6) is 0 Å². The van der Waals surface area contributed by atoms with Gasteiger partial charge >= 0.3 is 0 Å². The van der Waals surface area contributed by atoms with Crippen molar-refractivity contribution in [1.29, 1.82) is 0 Å². The van der Waals surface area contributed by atoms with E-state index in [4.69, 9.17) is 0 Å². The first-order valence-electron chi connectivity index (χ1n) is 10.4. The lowest BCUT2D eigenvalue weighted by Crippen LogP contribution is -2.42. The van der Waals surface area contributed by atoms with Gasteiger partial charge in [-0.15, -0.1) is 0 Å². The molecule has 2 amide bonds. The van der Waals surface area contributed by atoms with Crippen molar-refractivity contribution in [3.8, 4) is 11.3 Å². The van der Waals surface area contributed by atoms with Gasteiger partial charge in [-0.05, 0) is 37.1 Å². The van der Waals surface area contributed by atoms with Gasteiger partial charge in [0, 0.05) is 56.5 Å². The van der Waals surface area contributed by atoms with Crippen LogP contribution in [0.25, 0.3) is 11.3 Å². The highest BCUT2D eigenvalue weighted by atomic mass is 19.1. The third-order valence-electron chi connectivity index (χ3n) is 7.18. The van der Waals surface area contributed by atoms with Gasteiger partial charge in [-0.3, -0.25) is 9.59 Å². The molecule has 5 nitrogen and oxygen atoms in total. The van der Waals surface area contributed by atoms with Crippen LogP contribution in [0.3, 0.4) is 0 Å². The molecule has 0 spiro atoms. The number of hydrogen-bond donors (Lipinski definition) is 0. The minimum Gasteiger partial charge on any atom is -0.342 e. The summed E-state index contributed by atoms with van der Waals surface area (Å²) in [4.78, 5) is 29.4. The van der Waals surface area contributed by atoms with Crippen molar-refractivity contribution in [2.45, 2.75) is 25.3 Å². The second-order valence-electron chi connectivity index (χ2n) is 8.75. The van der Waals surface area contributed by atoms with E-state index in [0.717, 1.165) is 19.3 Å². The molecule has 2 heterocycles. The maximum Gasteiger partial charge on any atom is 0.270 e. The van der Waals surface area contributed by atoms with Crippen molar-refractivity contribution in [3.63, 3.8) is 0 Å². The number of piperidine rings is 1. The zero-order valence-corrected chi connectivity index (χ0v) is 16.8. The third kappa shape index (κ3) is 2.88. The molecule has 2 aromatic rings. The Morgan fingerprint density at radius 1 is 1.07 bits per heavy atom. The number of amides is 2. The molecule has 2 aliphatic carbocycles. The molecule has 3 fully saturated rings. The normalized spacial score (nSPS) is 25.5. The molecule has 0 bridgehead atoms. The number of carbonyl (C=O) groups excluding carboxylic acids is 2. The molecule has 2 saturated carbocycles. The van der Waals surface area contributed by atoms with Crippen molar-refractivity contribution in [2.24, 2.45) is 24.8 Å². The van der Waals surface area contributed by atoms with Gasteiger partial charge in [0.15, 0.2) is 0 Å². The lowest BCUT2D eigenvalue weighted by atomic mass is 9.84. The second-order valence-corrected chi connectivity index (χ2v) is 8.75. The smallest absolute Gasteiger partial charge is 0.270 e. The highest BCUT2D eigenvalue weighted by molar-refractivity contribution is 5.94. The Morgan fingerprint density at radius 2 is 1.76 bits per heavy atom. The standard InChI is InChI=1S/C23H26FN3O2/c1-25-19(15-8-3-4-9-18(15)24)10-11-20(25)23(29)27-12-16-17(13-27)21(16)26(2)22(28)14-6-5-7-14/h3-4,8-11,14,16-17,21H,5-7,12-13H2,1-2H3/t16-,17+,21?. The Morgan fingerprint density at radius 3 is 2.38 bits per heavy atom. The Bertz CT molecular complexity index is 968. The summed E-state index contributed by atoms with van der Waals surface area (Å²) >= 11 is 0. The summed E-state index contributed by atoms with van der Waals surface area (Å²) in [6.07, 6.45) is 3.21. The molecule has 3 aliphatic rings. The molecule has 0 radical (unpaired) electrons. The topological polar surface area (TPSA) is 45.6 Å². The van der Waals surface area contributed by atoms with E-state index in [0.29, 0.717) is 41.9 Å². The first-order valence-corrected chi connectivity index (χ1v) is 10.4. The Balaban J connectivity index is 1.26. The fourth-order valence-electron chi connectivity index (χ4n) is 5.15. The molecule has 1 saturated heterocycles. The summed E-state index contributed by atoms with van der Waals surface area (Å²) in [5.41, 5.74) is 1.76. The number of carbonyl (C=O) groups is 2. The van der Waals surface area contributed by atoms with E-state index in [9.17, 15) is 14.0 Å². The van der Waals surface area contributed by atoms with Gasteiger partial charge in [0.25, 0.3) is 5.91 Å². The quantitative estimate of drug-likeness (QED) is 0.798. The number of nitrogens with zero attached hydrogens (tertiary/aromatic N) is 3. The maximum atomic E-state index is 14.2. The molecule has 1 unspecified atom stereocenters. The summed E-state index contributed by atoms with van der Waals surface area (Å²) in [5, 5.41) is 0. The van der Waals surface area contributed by atoms with Crippen molar-refractivity contribution < 1.29 is 14.0 Å². The summed E-state index contributed by atoms with van der Waals surface area (Å²) in [6, 6.07) is 10.5. The molecule has 6 heteroatoms. The minimum atomic E-state index is -0.294. The molecule has 1 aliphatic heterocycles. The molecule has 29 heavy (non-hydrogen) atoms. The molecule has 1 aromatic heterocycles. The molecular formula is C23H26FN3O2. The van der Waals surface area contributed by atoms with Crippen molar-refractivity contribution in [2.75, 3.05) is 20.1 Å². The average Bonchev–Trinajstić information content (AvgIpc) is 2.99. The Kier molecular flexibility index (Phi) is 4.26. The number of halogens is 1. The zero-order valence-electron chi connectivity index (χ0n) is 16.8. The van der Waals surface area contributed by atoms with Gasteiger partial charge < -0.3 is 14.4 Å². The number of benzene rings is 1. The van der Waals surface area contributed by atoms with E-state index >= 15 is 0 Å². The van der Waals surface area contributed by atoms with Crippen LogP contribution in [0.2, 0.25) is 0 Å². The van der Waals surface area contributed by atoms with Crippen LogP contribution in [0.4, 0.5) is 4.39 Å². The first-order chi connectivity index (χ1) is 14.0. The van der Waals surface area contributed by atoms with Gasteiger partial charge in [0.2, 0.25) is 5.91 Å². The molecule has 1 aromatic carbocycles. The number of fused-ring (bicyclic) bond motifs is 1. The maximum absolute atomic E-state index is 14.2. The van der Waals surface area contributed by atoms with E-state index in [1.165, 1.54) is 6.07 Å². The van der Waals surface area contributed by atoms with Gasteiger partial charge in [-0.1, -0.05) is 18.6 Å². The zero-order chi connectivity index (χ0) is 20.3. The van der Waals surface area contributed by atoms with Crippen LogP contribution in [0.1, 0.15) is 29.8 Å². The third-order valence-corrected chi connectivity index (χ3v) is 7.18. The lowest BCUT2D eigenvalue weighted by molar-refractivity contribution is -0.137. The SMILES string of the molecule is CN(C(=O)C1CCC1)C1[C@H]2CN(C(=O)c3ccc(-c4ccccc4F)n3C)C[C@@H]12. The molecule has 152 valence electrons. The van der Waals surface area contributed by atoms with E-state index in [2.05, 4.69) is 0 Å². The summed E-state index contributed by atoms with van der Waals surface area (Å²) in [5.74, 6) is 0.967. The summed E-state index contributed by atoms with van der Waals surface area (Å²) in [7, 11) is 3.73. The van der Waals surface area contributed by atoms with Gasteiger partial charge in [0.05, 0.1) is 5.69 Å². The van der Waals surface area contributed by atoms with E-state index in [1.54, 1.807) is 41.9 Å². The molecule has 5 rings (SSSR count). The van der Waals surface area contributed by atoms with Gasteiger partial charge in [-0.25, -0.2) is 4.39 Å². The number of aromatic nitrogens is 1. The van der Waals surface area contributed by atoms with Crippen LogP contribution in [-0.2, 0) is 11.8 Å². The first kappa shape index (κ1) is 18.4. The summed E-state index contributed by atoms with van der Waals surface area (Å²) < 4.78 is 15.9. The predicted molar refractivity (Wildman–Crippen MR) is 108 cm³/mol.